The molecule has 2 aromatic heterocycles. The Morgan fingerprint density at radius 3 is 2.67 bits per heavy atom. The Labute approximate surface area is 191 Å². The van der Waals surface area contributed by atoms with E-state index in [1.165, 1.54) is 0 Å². The number of urea groups is 1. The van der Waals surface area contributed by atoms with Crippen LogP contribution < -0.4 is 10.1 Å². The van der Waals surface area contributed by atoms with Crippen molar-refractivity contribution in [1.82, 2.24) is 19.6 Å². The number of carbonyl (C=O) groups is 2. The third kappa shape index (κ3) is 3.93. The Morgan fingerprint density at radius 1 is 1.03 bits per heavy atom. The summed E-state index contributed by atoms with van der Waals surface area (Å²) in [5, 5.41) is 2.53. The second-order valence-corrected chi connectivity index (χ2v) is 7.98. The number of imidazole rings is 1. The number of hydrogen-bond acceptors (Lipinski definition) is 4. The molecular weight excluding hydrogens is 416 g/mol. The molecule has 0 aliphatic carbocycles. The number of methoxy groups -OCH3 is 1. The average molecular weight is 441 g/mol. The molecule has 4 aromatic rings. The maximum atomic E-state index is 13.0. The molecule has 3 amide bonds. The highest BCUT2D eigenvalue weighted by atomic mass is 16.5. The minimum absolute atomic E-state index is 0.233. The standard InChI is InChI=1S/C26H24N4O3/c1-33-20-12-7-11-19(17-20)23-21-13-5-6-15-29(21)24(27-23)22-14-8-16-30(22)26(32)28-25(31)18-9-3-2-4-10-18/h2-7,9-13,15,17,22H,8,14,16H2,1H3,(H,28,31,32). The van der Waals surface area contributed by atoms with Crippen molar-refractivity contribution < 1.29 is 14.3 Å². The lowest BCUT2D eigenvalue weighted by atomic mass is 10.1. The van der Waals surface area contributed by atoms with E-state index in [9.17, 15) is 9.59 Å². The van der Waals surface area contributed by atoms with Gasteiger partial charge in [-0.25, -0.2) is 9.78 Å². The number of nitrogens with one attached hydrogen (secondary N) is 1. The van der Waals surface area contributed by atoms with Crippen LogP contribution in [-0.4, -0.2) is 39.9 Å². The number of carbonyl (C=O) groups excluding carboxylic acids is 2. The molecule has 2 aromatic carbocycles. The number of rotatable bonds is 4. The molecule has 7 nitrogen and oxygen atoms in total. The SMILES string of the molecule is COc1cccc(-c2nc(C3CCCN3C(=O)NC(=O)c3ccccc3)n3ccccc23)c1. The number of nitrogens with zero attached hydrogens (tertiary/aromatic N) is 3. The molecule has 1 N–H and O–H groups in total. The summed E-state index contributed by atoms with van der Waals surface area (Å²) in [6.07, 6.45) is 3.58. The van der Waals surface area contributed by atoms with Crippen molar-refractivity contribution in [1.29, 1.82) is 0 Å². The average Bonchev–Trinajstić information content (AvgIpc) is 3.49. The van der Waals surface area contributed by atoms with E-state index in [1.54, 1.807) is 36.3 Å². The molecule has 166 valence electrons. The second kappa shape index (κ2) is 8.78. The van der Waals surface area contributed by atoms with Crippen LogP contribution in [0.3, 0.4) is 0 Å². The van der Waals surface area contributed by atoms with Gasteiger partial charge in [0.05, 0.1) is 24.4 Å². The van der Waals surface area contributed by atoms with Gasteiger partial charge in [-0.2, -0.15) is 0 Å². The van der Waals surface area contributed by atoms with Crippen molar-refractivity contribution in [3.05, 3.63) is 90.4 Å². The van der Waals surface area contributed by atoms with Crippen LogP contribution >= 0.6 is 0 Å². The maximum absolute atomic E-state index is 13.0. The molecule has 1 saturated heterocycles. The maximum Gasteiger partial charge on any atom is 0.324 e. The number of pyridine rings is 1. The van der Waals surface area contributed by atoms with Crippen molar-refractivity contribution in [2.75, 3.05) is 13.7 Å². The first kappa shape index (κ1) is 20.8. The molecule has 7 heteroatoms. The first-order valence-electron chi connectivity index (χ1n) is 10.9. The van der Waals surface area contributed by atoms with Crippen LogP contribution in [0.15, 0.2) is 79.0 Å². The van der Waals surface area contributed by atoms with Crippen LogP contribution in [0.4, 0.5) is 4.79 Å². The molecule has 3 heterocycles. The smallest absolute Gasteiger partial charge is 0.324 e. The lowest BCUT2D eigenvalue weighted by molar-refractivity contribution is 0.0949. The molecular formula is C26H24N4O3. The number of hydrogen-bond donors (Lipinski definition) is 1. The largest absolute Gasteiger partial charge is 0.497 e. The van der Waals surface area contributed by atoms with Gasteiger partial charge in [-0.1, -0.05) is 36.4 Å². The highest BCUT2D eigenvalue weighted by Crippen LogP contribution is 2.35. The van der Waals surface area contributed by atoms with E-state index in [0.29, 0.717) is 12.1 Å². The number of fused-ring (bicyclic) bond motifs is 1. The summed E-state index contributed by atoms with van der Waals surface area (Å²) in [6.45, 7) is 0.564. The zero-order valence-corrected chi connectivity index (χ0v) is 18.3. The zero-order valence-electron chi connectivity index (χ0n) is 18.3. The molecule has 0 radical (unpaired) electrons. The van der Waals surface area contributed by atoms with E-state index < -0.39 is 11.9 Å². The van der Waals surface area contributed by atoms with E-state index in [2.05, 4.69) is 5.32 Å². The zero-order chi connectivity index (χ0) is 22.8. The van der Waals surface area contributed by atoms with Crippen molar-refractivity contribution >= 4 is 17.5 Å². The number of benzene rings is 2. The van der Waals surface area contributed by atoms with Gasteiger partial charge in [0, 0.05) is 23.9 Å². The minimum Gasteiger partial charge on any atom is -0.497 e. The van der Waals surface area contributed by atoms with Gasteiger partial charge in [0.2, 0.25) is 0 Å². The van der Waals surface area contributed by atoms with Crippen molar-refractivity contribution in [2.24, 2.45) is 0 Å². The van der Waals surface area contributed by atoms with E-state index in [4.69, 9.17) is 9.72 Å². The molecule has 33 heavy (non-hydrogen) atoms. The Bertz CT molecular complexity index is 1320. The number of amides is 3. The first-order valence-corrected chi connectivity index (χ1v) is 10.9. The fourth-order valence-corrected chi connectivity index (χ4v) is 4.39. The Balaban J connectivity index is 1.48. The number of likely N-dealkylation sites (tertiary alicyclic amines) is 1. The fraction of sp³-hybridized carbons (Fsp3) is 0.192. The summed E-state index contributed by atoms with van der Waals surface area (Å²) in [5.41, 5.74) is 3.18. The van der Waals surface area contributed by atoms with Gasteiger partial charge in [-0.3, -0.25) is 10.1 Å². The molecule has 1 atom stereocenters. The monoisotopic (exact) mass is 440 g/mol. The van der Waals surface area contributed by atoms with Crippen LogP contribution in [0.1, 0.15) is 35.1 Å². The van der Waals surface area contributed by atoms with Gasteiger partial charge in [0.15, 0.2) is 0 Å². The lowest BCUT2D eigenvalue weighted by Crippen LogP contribution is -2.42. The molecule has 1 aliphatic rings. The topological polar surface area (TPSA) is 75.9 Å². The van der Waals surface area contributed by atoms with Crippen LogP contribution in [-0.2, 0) is 0 Å². The predicted octanol–water partition coefficient (Wildman–Crippen LogP) is 4.70. The molecule has 5 rings (SSSR count). The molecule has 0 bridgehead atoms. The second-order valence-electron chi connectivity index (χ2n) is 7.98. The van der Waals surface area contributed by atoms with Crippen molar-refractivity contribution in [3.8, 4) is 17.0 Å². The van der Waals surface area contributed by atoms with Crippen LogP contribution in [0, 0.1) is 0 Å². The van der Waals surface area contributed by atoms with Gasteiger partial charge < -0.3 is 14.0 Å². The normalized spacial score (nSPS) is 15.5. The Hall–Kier alpha value is -4.13. The molecule has 1 aliphatic heterocycles. The van der Waals surface area contributed by atoms with E-state index in [0.717, 1.165) is 41.2 Å². The summed E-state index contributed by atoms with van der Waals surface area (Å²) in [6, 6.07) is 21.8. The number of ether oxygens (including phenoxy) is 1. The van der Waals surface area contributed by atoms with E-state index >= 15 is 0 Å². The molecule has 1 fully saturated rings. The summed E-state index contributed by atoms with van der Waals surface area (Å²) in [4.78, 5) is 32.3. The summed E-state index contributed by atoms with van der Waals surface area (Å²) in [5.74, 6) is 1.13. The minimum atomic E-state index is -0.406. The Morgan fingerprint density at radius 2 is 1.85 bits per heavy atom. The first-order chi connectivity index (χ1) is 16.2. The third-order valence-corrected chi connectivity index (χ3v) is 5.99. The van der Waals surface area contributed by atoms with Gasteiger partial charge in [-0.05, 0) is 49.2 Å². The quantitative estimate of drug-likeness (QED) is 0.499. The predicted molar refractivity (Wildman–Crippen MR) is 125 cm³/mol. The third-order valence-electron chi connectivity index (χ3n) is 5.99. The molecule has 1 unspecified atom stereocenters. The lowest BCUT2D eigenvalue weighted by Gasteiger charge is -2.23. The van der Waals surface area contributed by atoms with Gasteiger partial charge in [-0.15, -0.1) is 0 Å². The Kier molecular flexibility index (Phi) is 5.52. The molecule has 0 spiro atoms. The number of imide groups is 1. The van der Waals surface area contributed by atoms with Crippen LogP contribution in [0.2, 0.25) is 0 Å². The molecule has 0 saturated carbocycles. The van der Waals surface area contributed by atoms with Crippen LogP contribution in [0.25, 0.3) is 16.8 Å². The van der Waals surface area contributed by atoms with Crippen molar-refractivity contribution in [3.63, 3.8) is 0 Å². The highest BCUT2D eigenvalue weighted by molar-refractivity contribution is 6.04. The van der Waals surface area contributed by atoms with Gasteiger partial charge >= 0.3 is 6.03 Å². The van der Waals surface area contributed by atoms with E-state index in [1.807, 2.05) is 59.1 Å². The highest BCUT2D eigenvalue weighted by Gasteiger charge is 2.34. The number of aromatic nitrogens is 2. The van der Waals surface area contributed by atoms with E-state index in [-0.39, 0.29) is 6.04 Å². The summed E-state index contributed by atoms with van der Waals surface area (Å²) in [7, 11) is 1.64. The van der Waals surface area contributed by atoms with Crippen LogP contribution in [0.5, 0.6) is 5.75 Å². The van der Waals surface area contributed by atoms with Crippen molar-refractivity contribution in [2.45, 2.75) is 18.9 Å². The van der Waals surface area contributed by atoms with Gasteiger partial charge in [0.25, 0.3) is 5.91 Å². The van der Waals surface area contributed by atoms with Gasteiger partial charge in [0.1, 0.15) is 11.6 Å². The fourth-order valence-electron chi connectivity index (χ4n) is 4.39. The summed E-state index contributed by atoms with van der Waals surface area (Å²) < 4.78 is 7.42. The summed E-state index contributed by atoms with van der Waals surface area (Å²) >= 11 is 0.